The highest BCUT2D eigenvalue weighted by molar-refractivity contribution is 5.98. The second kappa shape index (κ2) is 6.98. The van der Waals surface area contributed by atoms with Crippen molar-refractivity contribution < 1.29 is 9.59 Å². The molecular weight excluding hydrogens is 154 g/mol. The summed E-state index contributed by atoms with van der Waals surface area (Å²) in [5, 5.41) is 0. The average molecular weight is 171 g/mol. The van der Waals surface area contributed by atoms with Gasteiger partial charge in [0, 0.05) is 12.8 Å². The lowest BCUT2D eigenvalue weighted by atomic mass is 10.1. The minimum Gasteiger partial charge on any atom is -0.330 e. The standard InChI is InChI=1S/C9H17NO2/c1-2-8(11)7-9(12)5-3-4-6-10/h2-7,10H2,1H3. The third kappa shape index (κ3) is 6.04. The first-order chi connectivity index (χ1) is 5.70. The highest BCUT2D eigenvalue weighted by Crippen LogP contribution is 2.00. The summed E-state index contributed by atoms with van der Waals surface area (Å²) in [4.78, 5) is 21.8. The van der Waals surface area contributed by atoms with Gasteiger partial charge in [0.2, 0.25) is 0 Å². The molecule has 0 heterocycles. The SMILES string of the molecule is CCC(=O)CC(=O)CCCCN. The topological polar surface area (TPSA) is 60.2 Å². The van der Waals surface area contributed by atoms with Crippen LogP contribution in [0.4, 0.5) is 0 Å². The number of ketones is 2. The van der Waals surface area contributed by atoms with Crippen molar-refractivity contribution in [2.24, 2.45) is 5.73 Å². The summed E-state index contributed by atoms with van der Waals surface area (Å²) >= 11 is 0. The second-order valence-electron chi connectivity index (χ2n) is 2.85. The lowest BCUT2D eigenvalue weighted by Crippen LogP contribution is -2.07. The van der Waals surface area contributed by atoms with Crippen molar-refractivity contribution in [2.45, 2.75) is 39.0 Å². The minimum atomic E-state index is 0.0350. The smallest absolute Gasteiger partial charge is 0.140 e. The maximum absolute atomic E-state index is 11.0. The van der Waals surface area contributed by atoms with Gasteiger partial charge in [-0.3, -0.25) is 9.59 Å². The summed E-state index contributed by atoms with van der Waals surface area (Å²) in [6.07, 6.45) is 2.75. The molecule has 12 heavy (non-hydrogen) atoms. The van der Waals surface area contributed by atoms with Crippen LogP contribution in [0, 0.1) is 0 Å². The largest absolute Gasteiger partial charge is 0.330 e. The Balaban J connectivity index is 3.40. The Kier molecular flexibility index (Phi) is 6.57. The normalized spacial score (nSPS) is 9.83. The van der Waals surface area contributed by atoms with Gasteiger partial charge in [0.25, 0.3) is 0 Å². The Bertz CT molecular complexity index is 155. The van der Waals surface area contributed by atoms with Crippen LogP contribution in [-0.2, 0) is 9.59 Å². The Morgan fingerprint density at radius 1 is 1.17 bits per heavy atom. The number of hydrogen-bond donors (Lipinski definition) is 1. The van der Waals surface area contributed by atoms with Gasteiger partial charge in [-0.05, 0) is 19.4 Å². The zero-order valence-electron chi connectivity index (χ0n) is 7.64. The molecular formula is C9H17NO2. The Morgan fingerprint density at radius 3 is 2.33 bits per heavy atom. The van der Waals surface area contributed by atoms with E-state index < -0.39 is 0 Å². The molecule has 3 heteroatoms. The summed E-state index contributed by atoms with van der Waals surface area (Å²) in [6, 6.07) is 0. The van der Waals surface area contributed by atoms with Crippen LogP contribution in [0.25, 0.3) is 0 Å². The van der Waals surface area contributed by atoms with E-state index in [1.54, 1.807) is 6.92 Å². The van der Waals surface area contributed by atoms with Crippen molar-refractivity contribution in [2.75, 3.05) is 6.54 Å². The highest BCUT2D eigenvalue weighted by Gasteiger charge is 2.06. The van der Waals surface area contributed by atoms with Crippen molar-refractivity contribution >= 4 is 11.6 Å². The van der Waals surface area contributed by atoms with Crippen LogP contribution in [0.15, 0.2) is 0 Å². The molecule has 0 aliphatic carbocycles. The predicted octanol–water partition coefficient (Wildman–Crippen LogP) is 1.05. The van der Waals surface area contributed by atoms with E-state index in [-0.39, 0.29) is 18.0 Å². The summed E-state index contributed by atoms with van der Waals surface area (Å²) in [5.41, 5.74) is 5.26. The Labute approximate surface area is 73.3 Å². The molecule has 0 saturated carbocycles. The number of hydrogen-bond acceptors (Lipinski definition) is 3. The van der Waals surface area contributed by atoms with Crippen LogP contribution in [0.1, 0.15) is 39.0 Å². The zero-order chi connectivity index (χ0) is 9.40. The molecule has 70 valence electrons. The number of nitrogens with two attached hydrogens (primary N) is 1. The monoisotopic (exact) mass is 171 g/mol. The van der Waals surface area contributed by atoms with E-state index >= 15 is 0 Å². The zero-order valence-corrected chi connectivity index (χ0v) is 7.64. The Morgan fingerprint density at radius 2 is 1.83 bits per heavy atom. The van der Waals surface area contributed by atoms with Gasteiger partial charge < -0.3 is 5.73 Å². The van der Waals surface area contributed by atoms with Gasteiger partial charge in [-0.1, -0.05) is 6.92 Å². The maximum atomic E-state index is 11.0. The van der Waals surface area contributed by atoms with Crippen molar-refractivity contribution in [3.8, 4) is 0 Å². The molecule has 0 aliphatic heterocycles. The van der Waals surface area contributed by atoms with Crippen LogP contribution in [-0.4, -0.2) is 18.1 Å². The van der Waals surface area contributed by atoms with Crippen LogP contribution in [0.3, 0.4) is 0 Å². The maximum Gasteiger partial charge on any atom is 0.140 e. The van der Waals surface area contributed by atoms with Gasteiger partial charge in [0.15, 0.2) is 0 Å². The van der Waals surface area contributed by atoms with Crippen molar-refractivity contribution in [3.63, 3.8) is 0 Å². The molecule has 0 aromatic carbocycles. The van der Waals surface area contributed by atoms with E-state index in [0.717, 1.165) is 12.8 Å². The van der Waals surface area contributed by atoms with Gasteiger partial charge in [-0.25, -0.2) is 0 Å². The molecule has 0 bridgehead atoms. The molecule has 0 atom stereocenters. The average Bonchev–Trinajstić information content (AvgIpc) is 2.05. The third-order valence-electron chi connectivity index (χ3n) is 1.70. The van der Waals surface area contributed by atoms with E-state index in [1.165, 1.54) is 0 Å². The highest BCUT2D eigenvalue weighted by atomic mass is 16.1. The lowest BCUT2D eigenvalue weighted by Gasteiger charge is -1.97. The quantitative estimate of drug-likeness (QED) is 0.460. The van der Waals surface area contributed by atoms with Gasteiger partial charge in [-0.2, -0.15) is 0 Å². The van der Waals surface area contributed by atoms with E-state index in [9.17, 15) is 9.59 Å². The molecule has 0 rings (SSSR count). The van der Waals surface area contributed by atoms with Crippen molar-refractivity contribution in [1.29, 1.82) is 0 Å². The fraction of sp³-hybridized carbons (Fsp3) is 0.778. The van der Waals surface area contributed by atoms with Crippen LogP contribution >= 0.6 is 0 Å². The Hall–Kier alpha value is -0.700. The van der Waals surface area contributed by atoms with Crippen molar-refractivity contribution in [3.05, 3.63) is 0 Å². The molecule has 0 aromatic heterocycles. The van der Waals surface area contributed by atoms with Crippen molar-refractivity contribution in [1.82, 2.24) is 0 Å². The summed E-state index contributed by atoms with van der Waals surface area (Å²) in [6.45, 7) is 2.39. The number of Topliss-reactive ketones (excluding diaryl/α,β-unsaturated/α-hetero) is 2. The molecule has 0 saturated heterocycles. The summed E-state index contributed by atoms with van der Waals surface area (Å²) in [7, 11) is 0. The molecule has 0 aliphatic rings. The van der Waals surface area contributed by atoms with Crippen LogP contribution in [0.2, 0.25) is 0 Å². The minimum absolute atomic E-state index is 0.0350. The van der Waals surface area contributed by atoms with Gasteiger partial charge in [0.05, 0.1) is 6.42 Å². The molecule has 0 spiro atoms. The molecule has 0 amide bonds. The van der Waals surface area contributed by atoms with Gasteiger partial charge >= 0.3 is 0 Å². The van der Waals surface area contributed by atoms with Gasteiger partial charge in [0.1, 0.15) is 11.6 Å². The summed E-state index contributed by atoms with van der Waals surface area (Å²) < 4.78 is 0. The van der Waals surface area contributed by atoms with Gasteiger partial charge in [-0.15, -0.1) is 0 Å². The number of carbonyl (C=O) groups excluding carboxylic acids is 2. The molecule has 0 radical (unpaired) electrons. The molecule has 0 fully saturated rings. The second-order valence-corrected chi connectivity index (χ2v) is 2.85. The third-order valence-corrected chi connectivity index (χ3v) is 1.70. The number of carbonyl (C=O) groups is 2. The van der Waals surface area contributed by atoms with E-state index in [1.807, 2.05) is 0 Å². The summed E-state index contributed by atoms with van der Waals surface area (Å²) in [5.74, 6) is 0.0862. The van der Waals surface area contributed by atoms with E-state index in [4.69, 9.17) is 5.73 Å². The predicted molar refractivity (Wildman–Crippen MR) is 47.8 cm³/mol. The fourth-order valence-electron chi connectivity index (χ4n) is 0.900. The molecule has 2 N–H and O–H groups in total. The first kappa shape index (κ1) is 11.3. The van der Waals surface area contributed by atoms with Crippen LogP contribution < -0.4 is 5.73 Å². The fourth-order valence-corrected chi connectivity index (χ4v) is 0.900. The van der Waals surface area contributed by atoms with E-state index in [2.05, 4.69) is 0 Å². The number of unbranched alkanes of at least 4 members (excludes halogenated alkanes) is 1. The van der Waals surface area contributed by atoms with E-state index in [0.29, 0.717) is 19.4 Å². The molecule has 0 unspecified atom stereocenters. The first-order valence-electron chi connectivity index (χ1n) is 4.44. The first-order valence-corrected chi connectivity index (χ1v) is 4.44. The molecule has 3 nitrogen and oxygen atoms in total. The lowest BCUT2D eigenvalue weighted by molar-refractivity contribution is -0.126. The van der Waals surface area contributed by atoms with Crippen LogP contribution in [0.5, 0.6) is 0 Å². The number of rotatable bonds is 7. The molecule has 0 aromatic rings.